The normalized spacial score (nSPS) is 20.9. The maximum Gasteiger partial charge on any atom is 0.276 e. The molecule has 2 aromatic rings. The van der Waals surface area contributed by atoms with Crippen LogP contribution in [0.3, 0.4) is 0 Å². The number of fused-ring (bicyclic) bond motifs is 1. The highest BCUT2D eigenvalue weighted by atomic mass is 16.5. The number of nitrogens with one attached hydrogen (secondary N) is 1. The van der Waals surface area contributed by atoms with E-state index in [0.717, 1.165) is 54.3 Å². The van der Waals surface area contributed by atoms with Gasteiger partial charge in [-0.15, -0.1) is 0 Å². The third-order valence-electron chi connectivity index (χ3n) is 6.33. The molecular formula is C21H26N6O3. The van der Waals surface area contributed by atoms with Crippen molar-refractivity contribution in [2.24, 2.45) is 0 Å². The van der Waals surface area contributed by atoms with E-state index in [1.165, 1.54) is 0 Å². The van der Waals surface area contributed by atoms with Gasteiger partial charge < -0.3 is 19.6 Å². The van der Waals surface area contributed by atoms with Crippen LogP contribution in [0.4, 0.5) is 5.82 Å². The fourth-order valence-electron chi connectivity index (χ4n) is 4.36. The van der Waals surface area contributed by atoms with Crippen molar-refractivity contribution in [1.29, 1.82) is 0 Å². The first-order chi connectivity index (χ1) is 14.5. The minimum Gasteiger partial charge on any atom is -0.373 e. The molecule has 2 aromatic heterocycles. The molecule has 3 aliphatic rings. The summed E-state index contributed by atoms with van der Waals surface area (Å²) < 4.78 is 5.34. The third-order valence-corrected chi connectivity index (χ3v) is 6.33. The number of likely N-dealkylation sites (tertiary alicyclic amines) is 1. The summed E-state index contributed by atoms with van der Waals surface area (Å²) in [6.07, 6.45) is 3.77. The summed E-state index contributed by atoms with van der Waals surface area (Å²) in [4.78, 5) is 37.8. The summed E-state index contributed by atoms with van der Waals surface area (Å²) in [6.45, 7) is 4.03. The van der Waals surface area contributed by atoms with E-state index in [4.69, 9.17) is 14.5 Å². The van der Waals surface area contributed by atoms with Gasteiger partial charge in [0, 0.05) is 63.5 Å². The molecule has 9 nitrogen and oxygen atoms in total. The van der Waals surface area contributed by atoms with E-state index < -0.39 is 0 Å². The van der Waals surface area contributed by atoms with E-state index in [2.05, 4.69) is 10.5 Å². The SMILES string of the molecule is CNc1nc(C2CCN(C(=O)c3cc(C4CC4)on3)C2)nc2c1CN(C(C)=O)CC2. The molecule has 1 unspecified atom stereocenters. The fraction of sp³-hybridized carbons (Fsp3) is 0.571. The Balaban J connectivity index is 1.32. The average Bonchev–Trinajstić information content (AvgIpc) is 3.28. The quantitative estimate of drug-likeness (QED) is 0.821. The van der Waals surface area contributed by atoms with Gasteiger partial charge in [0.05, 0.1) is 12.2 Å². The lowest BCUT2D eigenvalue weighted by Gasteiger charge is -2.29. The van der Waals surface area contributed by atoms with E-state index in [1.807, 2.05) is 16.8 Å². The molecule has 2 aliphatic heterocycles. The Kier molecular flexibility index (Phi) is 4.67. The molecule has 0 aromatic carbocycles. The second-order valence-corrected chi connectivity index (χ2v) is 8.42. The molecule has 1 saturated carbocycles. The van der Waals surface area contributed by atoms with Crippen molar-refractivity contribution in [3.8, 4) is 0 Å². The first-order valence-electron chi connectivity index (χ1n) is 10.6. The van der Waals surface area contributed by atoms with Crippen molar-refractivity contribution in [3.05, 3.63) is 34.6 Å². The van der Waals surface area contributed by atoms with Crippen LogP contribution in [-0.4, -0.2) is 63.4 Å². The highest BCUT2D eigenvalue weighted by molar-refractivity contribution is 5.92. The smallest absolute Gasteiger partial charge is 0.276 e. The van der Waals surface area contributed by atoms with Gasteiger partial charge in [-0.3, -0.25) is 9.59 Å². The van der Waals surface area contributed by atoms with Crippen LogP contribution >= 0.6 is 0 Å². The number of amides is 2. The molecule has 0 spiro atoms. The number of nitrogens with zero attached hydrogens (tertiary/aromatic N) is 5. The van der Waals surface area contributed by atoms with Crippen molar-refractivity contribution in [3.63, 3.8) is 0 Å². The number of aromatic nitrogens is 3. The first-order valence-corrected chi connectivity index (χ1v) is 10.6. The molecule has 0 radical (unpaired) electrons. The lowest BCUT2D eigenvalue weighted by molar-refractivity contribution is -0.129. The van der Waals surface area contributed by atoms with Crippen molar-refractivity contribution in [2.45, 2.75) is 51.0 Å². The first kappa shape index (κ1) is 19.0. The Morgan fingerprint density at radius 3 is 2.70 bits per heavy atom. The molecule has 1 N–H and O–H groups in total. The summed E-state index contributed by atoms with van der Waals surface area (Å²) in [5.74, 6) is 2.87. The number of carbonyl (C=O) groups is 2. The maximum atomic E-state index is 12.8. The van der Waals surface area contributed by atoms with E-state index in [0.29, 0.717) is 37.8 Å². The molecule has 2 amide bonds. The van der Waals surface area contributed by atoms with Crippen LogP contribution in [0.1, 0.15) is 71.4 Å². The zero-order valence-electron chi connectivity index (χ0n) is 17.3. The predicted octanol–water partition coefficient (Wildman–Crippen LogP) is 1.92. The van der Waals surface area contributed by atoms with Gasteiger partial charge in [0.2, 0.25) is 5.91 Å². The molecule has 30 heavy (non-hydrogen) atoms. The van der Waals surface area contributed by atoms with E-state index in [1.54, 1.807) is 13.0 Å². The number of hydrogen-bond acceptors (Lipinski definition) is 7. The van der Waals surface area contributed by atoms with Crippen LogP contribution in [0, 0.1) is 0 Å². The van der Waals surface area contributed by atoms with Crippen LogP contribution in [0.2, 0.25) is 0 Å². The van der Waals surface area contributed by atoms with Gasteiger partial charge in [0.15, 0.2) is 5.69 Å². The van der Waals surface area contributed by atoms with E-state index >= 15 is 0 Å². The second-order valence-electron chi connectivity index (χ2n) is 8.42. The average molecular weight is 410 g/mol. The van der Waals surface area contributed by atoms with Gasteiger partial charge >= 0.3 is 0 Å². The van der Waals surface area contributed by atoms with Gasteiger partial charge in [-0.1, -0.05) is 5.16 Å². The lowest BCUT2D eigenvalue weighted by Crippen LogP contribution is -2.35. The number of anilines is 1. The third kappa shape index (κ3) is 3.42. The Morgan fingerprint density at radius 2 is 1.97 bits per heavy atom. The van der Waals surface area contributed by atoms with Crippen LogP contribution < -0.4 is 5.32 Å². The Bertz CT molecular complexity index is 981. The van der Waals surface area contributed by atoms with Crippen LogP contribution in [0.25, 0.3) is 0 Å². The van der Waals surface area contributed by atoms with Crippen LogP contribution in [0.15, 0.2) is 10.6 Å². The molecule has 4 heterocycles. The maximum absolute atomic E-state index is 12.8. The molecule has 1 aliphatic carbocycles. The lowest BCUT2D eigenvalue weighted by atomic mass is 10.0. The minimum atomic E-state index is -0.0861. The van der Waals surface area contributed by atoms with Crippen molar-refractivity contribution >= 4 is 17.6 Å². The molecular weight excluding hydrogens is 384 g/mol. The standard InChI is InChI=1S/C21H26N6O3/c1-12(28)26-8-6-16-15(11-26)20(22-2)24-19(23-16)14-5-7-27(10-14)21(29)17-9-18(30-25-17)13-3-4-13/h9,13-14H,3-8,10-11H2,1-2H3,(H,22,23,24). The topological polar surface area (TPSA) is 104 Å². The number of carbonyl (C=O) groups excluding carboxylic acids is 2. The highest BCUT2D eigenvalue weighted by Crippen LogP contribution is 2.40. The van der Waals surface area contributed by atoms with Gasteiger partial charge in [0.1, 0.15) is 17.4 Å². The zero-order valence-corrected chi connectivity index (χ0v) is 17.3. The van der Waals surface area contributed by atoms with Gasteiger partial charge in [-0.05, 0) is 19.3 Å². The molecule has 1 atom stereocenters. The van der Waals surface area contributed by atoms with Crippen molar-refractivity contribution in [2.75, 3.05) is 32.0 Å². The fourth-order valence-corrected chi connectivity index (χ4v) is 4.36. The van der Waals surface area contributed by atoms with E-state index in [-0.39, 0.29) is 17.7 Å². The number of rotatable bonds is 4. The largest absolute Gasteiger partial charge is 0.373 e. The van der Waals surface area contributed by atoms with Crippen molar-refractivity contribution < 1.29 is 14.1 Å². The molecule has 158 valence electrons. The summed E-state index contributed by atoms with van der Waals surface area (Å²) in [5, 5.41) is 7.15. The van der Waals surface area contributed by atoms with E-state index in [9.17, 15) is 9.59 Å². The predicted molar refractivity (Wildman–Crippen MR) is 108 cm³/mol. The van der Waals surface area contributed by atoms with Crippen LogP contribution in [0.5, 0.6) is 0 Å². The molecule has 0 bridgehead atoms. The monoisotopic (exact) mass is 410 g/mol. The molecule has 1 saturated heterocycles. The Hall–Kier alpha value is -2.97. The van der Waals surface area contributed by atoms with Crippen LogP contribution in [-0.2, 0) is 17.8 Å². The summed E-state index contributed by atoms with van der Waals surface area (Å²) >= 11 is 0. The van der Waals surface area contributed by atoms with Crippen molar-refractivity contribution in [1.82, 2.24) is 24.9 Å². The zero-order chi connectivity index (χ0) is 20.8. The van der Waals surface area contributed by atoms with Gasteiger partial charge in [0.25, 0.3) is 5.91 Å². The van der Waals surface area contributed by atoms with Gasteiger partial charge in [-0.25, -0.2) is 9.97 Å². The number of hydrogen-bond donors (Lipinski definition) is 1. The summed E-state index contributed by atoms with van der Waals surface area (Å²) in [6, 6.07) is 1.79. The highest BCUT2D eigenvalue weighted by Gasteiger charge is 2.34. The molecule has 9 heteroatoms. The minimum absolute atomic E-state index is 0.0643. The Labute approximate surface area is 174 Å². The summed E-state index contributed by atoms with van der Waals surface area (Å²) in [5.41, 5.74) is 2.38. The molecule has 2 fully saturated rings. The Morgan fingerprint density at radius 1 is 1.13 bits per heavy atom. The summed E-state index contributed by atoms with van der Waals surface area (Å²) in [7, 11) is 1.84. The van der Waals surface area contributed by atoms with Gasteiger partial charge in [-0.2, -0.15) is 0 Å². The molecule has 5 rings (SSSR count). The second kappa shape index (κ2) is 7.37.